The number of fused-ring (bicyclic) bond motifs is 6. The van der Waals surface area contributed by atoms with Gasteiger partial charge in [0.2, 0.25) is 0 Å². The Labute approximate surface area is 373 Å². The Bertz CT molecular complexity index is 3640. The molecule has 0 radical (unpaired) electrons. The topological polar surface area (TPSA) is 8.17 Å². The van der Waals surface area contributed by atoms with E-state index in [1.807, 2.05) is 0 Å². The molecule has 0 unspecified atom stereocenters. The molecule has 0 saturated carbocycles. The van der Waals surface area contributed by atoms with Gasteiger partial charge in [-0.25, -0.2) is 0 Å². The maximum Gasteiger partial charge on any atom is 0.0547 e. The van der Waals surface area contributed by atoms with E-state index in [9.17, 15) is 0 Å². The Hall–Kier alpha value is -8.46. The summed E-state index contributed by atoms with van der Waals surface area (Å²) in [5, 5.41) is 7.49. The van der Waals surface area contributed by atoms with Crippen LogP contribution in [0.4, 0.5) is 17.1 Å². The molecule has 0 aliphatic carbocycles. The minimum absolute atomic E-state index is 1.09. The summed E-state index contributed by atoms with van der Waals surface area (Å²) < 4.78 is 2.39. The molecule has 0 saturated heterocycles. The minimum atomic E-state index is 1.09. The van der Waals surface area contributed by atoms with Gasteiger partial charge in [0, 0.05) is 33.5 Å². The zero-order chi connectivity index (χ0) is 42.4. The van der Waals surface area contributed by atoms with Gasteiger partial charge in [0.05, 0.1) is 11.0 Å². The van der Waals surface area contributed by atoms with Gasteiger partial charge in [0.1, 0.15) is 0 Å². The summed E-state index contributed by atoms with van der Waals surface area (Å²) in [6, 6.07) is 92.6. The van der Waals surface area contributed by atoms with Crippen molar-refractivity contribution in [2.45, 2.75) is 0 Å². The third kappa shape index (κ3) is 6.61. The van der Waals surface area contributed by atoms with Crippen molar-refractivity contribution < 1.29 is 0 Å². The lowest BCUT2D eigenvalue weighted by Crippen LogP contribution is -2.10. The zero-order valence-corrected chi connectivity index (χ0v) is 35.1. The summed E-state index contributed by atoms with van der Waals surface area (Å²) >= 11 is 0. The number of hydrogen-bond donors (Lipinski definition) is 0. The molecule has 2 nitrogen and oxygen atoms in total. The number of para-hydroxylation sites is 2. The van der Waals surface area contributed by atoms with E-state index in [1.54, 1.807) is 0 Å². The van der Waals surface area contributed by atoms with Crippen LogP contribution in [-0.4, -0.2) is 4.57 Å². The molecule has 0 N–H and O–H groups in total. The summed E-state index contributed by atoms with van der Waals surface area (Å²) in [6.45, 7) is 0. The first-order valence-electron chi connectivity index (χ1n) is 22.0. The molecule has 0 bridgehead atoms. The summed E-state index contributed by atoms with van der Waals surface area (Å²) in [4.78, 5) is 2.39. The Kier molecular flexibility index (Phi) is 9.20. The van der Waals surface area contributed by atoms with Crippen molar-refractivity contribution in [1.29, 1.82) is 0 Å². The van der Waals surface area contributed by atoms with Crippen LogP contribution >= 0.6 is 0 Å². The summed E-state index contributed by atoms with van der Waals surface area (Å²) in [7, 11) is 0. The highest BCUT2D eigenvalue weighted by Gasteiger charge is 2.18. The van der Waals surface area contributed by atoms with Crippen LogP contribution in [0.1, 0.15) is 0 Å². The molecule has 64 heavy (non-hydrogen) atoms. The number of rotatable bonds is 8. The van der Waals surface area contributed by atoms with Gasteiger partial charge in [0.15, 0.2) is 0 Å². The molecular formula is C62H42N2. The second-order valence-electron chi connectivity index (χ2n) is 16.5. The Balaban J connectivity index is 0.952. The lowest BCUT2D eigenvalue weighted by molar-refractivity contribution is 1.18. The Morgan fingerprint density at radius 1 is 0.266 bits per heavy atom. The first-order valence-corrected chi connectivity index (χ1v) is 22.0. The number of nitrogens with zero attached hydrogens (tertiary/aromatic N) is 2. The normalized spacial score (nSPS) is 11.4. The van der Waals surface area contributed by atoms with Gasteiger partial charge in [-0.1, -0.05) is 188 Å². The molecule has 0 spiro atoms. The zero-order valence-electron chi connectivity index (χ0n) is 35.1. The molecule has 12 aromatic rings. The molecule has 0 aliphatic rings. The molecule has 12 rings (SSSR count). The fraction of sp³-hybridized carbons (Fsp3) is 0. The third-order valence-electron chi connectivity index (χ3n) is 12.8. The van der Waals surface area contributed by atoms with Gasteiger partial charge in [-0.05, 0) is 133 Å². The number of hydrogen-bond acceptors (Lipinski definition) is 1. The van der Waals surface area contributed by atoms with Crippen LogP contribution in [0.3, 0.4) is 0 Å². The van der Waals surface area contributed by atoms with Crippen LogP contribution in [0.15, 0.2) is 255 Å². The van der Waals surface area contributed by atoms with Crippen molar-refractivity contribution in [3.63, 3.8) is 0 Å². The first-order chi connectivity index (χ1) is 31.7. The molecule has 0 amide bonds. The molecule has 1 heterocycles. The largest absolute Gasteiger partial charge is 0.310 e. The lowest BCUT2D eigenvalue weighted by atomic mass is 9.95. The van der Waals surface area contributed by atoms with E-state index in [-0.39, 0.29) is 0 Å². The van der Waals surface area contributed by atoms with E-state index >= 15 is 0 Å². The van der Waals surface area contributed by atoms with Gasteiger partial charge < -0.3 is 9.47 Å². The fourth-order valence-corrected chi connectivity index (χ4v) is 9.68. The molecule has 0 fully saturated rings. The Morgan fingerprint density at radius 3 is 1.56 bits per heavy atom. The van der Waals surface area contributed by atoms with Gasteiger partial charge in [0.25, 0.3) is 0 Å². The van der Waals surface area contributed by atoms with Crippen LogP contribution < -0.4 is 4.90 Å². The predicted octanol–water partition coefficient (Wildman–Crippen LogP) is 17.2. The third-order valence-corrected chi connectivity index (χ3v) is 12.8. The molecule has 1 aromatic heterocycles. The average molecular weight is 815 g/mol. The maximum atomic E-state index is 2.39. The van der Waals surface area contributed by atoms with Crippen LogP contribution in [-0.2, 0) is 0 Å². The van der Waals surface area contributed by atoms with Crippen LogP contribution in [0, 0.1) is 0 Å². The highest BCUT2D eigenvalue weighted by molar-refractivity contribution is 6.16. The van der Waals surface area contributed by atoms with E-state index in [1.165, 1.54) is 82.3 Å². The summed E-state index contributed by atoms with van der Waals surface area (Å²) in [5.74, 6) is 0. The summed E-state index contributed by atoms with van der Waals surface area (Å²) in [5.41, 5.74) is 16.4. The predicted molar refractivity (Wildman–Crippen MR) is 272 cm³/mol. The second kappa shape index (κ2) is 15.8. The minimum Gasteiger partial charge on any atom is -0.310 e. The molecular weight excluding hydrogens is 773 g/mol. The average Bonchev–Trinajstić information content (AvgIpc) is 3.72. The van der Waals surface area contributed by atoms with E-state index in [2.05, 4.69) is 264 Å². The highest BCUT2D eigenvalue weighted by Crippen LogP contribution is 2.42. The van der Waals surface area contributed by atoms with Gasteiger partial charge in [-0.3, -0.25) is 0 Å². The Morgan fingerprint density at radius 2 is 0.781 bits per heavy atom. The standard InChI is InChI=1S/C62H42N2/c1-3-14-43(15-4-1)44-28-30-45(31-29-44)46-34-36-53(37-35-46)63(55-38-39-57-51(42-55)33-32-47-16-7-8-23-56(47)57)54-22-12-18-49(41-54)48-17-11-19-50(40-48)58-25-13-27-61-62(58)59-24-9-10-26-60(59)64(61)52-20-5-2-6-21-52/h1-42H. The molecule has 300 valence electrons. The van der Waals surface area contributed by atoms with E-state index in [0.29, 0.717) is 0 Å². The number of benzene rings is 11. The quantitative estimate of drug-likeness (QED) is 0.139. The second-order valence-corrected chi connectivity index (χ2v) is 16.5. The van der Waals surface area contributed by atoms with Crippen molar-refractivity contribution in [2.24, 2.45) is 0 Å². The SMILES string of the molecule is c1ccc(-c2ccc(-c3ccc(N(c4cccc(-c5cccc(-c6cccc7c6c6ccccc6n7-c6ccccc6)c5)c4)c4ccc5c(ccc6ccccc65)c4)cc3)cc2)cc1. The molecule has 0 aliphatic heterocycles. The van der Waals surface area contributed by atoms with Gasteiger partial charge >= 0.3 is 0 Å². The van der Waals surface area contributed by atoms with E-state index < -0.39 is 0 Å². The fourth-order valence-electron chi connectivity index (χ4n) is 9.68. The van der Waals surface area contributed by atoms with Crippen molar-refractivity contribution in [3.05, 3.63) is 255 Å². The van der Waals surface area contributed by atoms with Crippen LogP contribution in [0.5, 0.6) is 0 Å². The smallest absolute Gasteiger partial charge is 0.0547 e. The van der Waals surface area contributed by atoms with E-state index in [0.717, 1.165) is 28.3 Å². The van der Waals surface area contributed by atoms with Crippen LogP contribution in [0.25, 0.3) is 93.5 Å². The molecule has 11 aromatic carbocycles. The van der Waals surface area contributed by atoms with Crippen molar-refractivity contribution >= 4 is 60.4 Å². The summed E-state index contributed by atoms with van der Waals surface area (Å²) in [6.07, 6.45) is 0. The van der Waals surface area contributed by atoms with Crippen LogP contribution in [0.2, 0.25) is 0 Å². The van der Waals surface area contributed by atoms with Gasteiger partial charge in [-0.15, -0.1) is 0 Å². The number of aromatic nitrogens is 1. The van der Waals surface area contributed by atoms with Gasteiger partial charge in [-0.2, -0.15) is 0 Å². The molecule has 0 atom stereocenters. The monoisotopic (exact) mass is 814 g/mol. The molecule has 2 heteroatoms. The van der Waals surface area contributed by atoms with Crippen molar-refractivity contribution in [3.8, 4) is 50.2 Å². The van der Waals surface area contributed by atoms with E-state index in [4.69, 9.17) is 0 Å². The lowest BCUT2D eigenvalue weighted by Gasteiger charge is -2.27. The van der Waals surface area contributed by atoms with Crippen molar-refractivity contribution in [1.82, 2.24) is 4.57 Å². The number of anilines is 3. The highest BCUT2D eigenvalue weighted by atomic mass is 15.1. The maximum absolute atomic E-state index is 2.39. The first kappa shape index (κ1) is 37.3. The van der Waals surface area contributed by atoms with Crippen molar-refractivity contribution in [2.75, 3.05) is 4.90 Å².